The molecule has 0 unspecified atom stereocenters. The number of benzene rings is 5. The average molecular weight is 1770 g/mol. The van der Waals surface area contributed by atoms with Gasteiger partial charge in [0, 0.05) is 118 Å². The number of pyridine rings is 8. The maximum atomic E-state index is 14.3. The molecule has 0 bridgehead atoms. The van der Waals surface area contributed by atoms with Crippen molar-refractivity contribution in [3.63, 3.8) is 0 Å². The lowest BCUT2D eigenvalue weighted by molar-refractivity contribution is 0.636. The molecule has 32 heteroatoms. The molecule has 0 saturated heterocycles. The fourth-order valence-electron chi connectivity index (χ4n) is 16.5. The predicted molar refractivity (Wildman–Crippen MR) is 515 cm³/mol. The highest BCUT2D eigenvalue weighted by Gasteiger charge is 2.32. The standard InChI is InChI=1S/C29H25N7O.C25H23N7O.C22H16ClN5OS.C22H18N6OS/c1-18-7-4-9-22(13-18)36-25(19(2)34-28-27-24(31-17-32-28)11-6-12-30-27)14-20-8-5-10-23(26(20)29(36)37)21-15-33-35(3)16-21;1-15(30-24-23-20(27-14-28-24)7-4-10-26-23)21-11-16-5-3-6-19(17-12-29-31(2)13-17)22(16)25(33)32(21)18-8-9-18;1-13(27-21-20-16(25-12-26-21)8-5-9-24-20)17-10-18-19(15(23)11-30-18)22(29)28(17)14-6-3-2-4-7-14;1-13(26-21-20-16(24-12-25-21)9-6-10-23-20)17-11-18-19(14(2)27-30-18)22(29)28(17)15-7-4-3-5-8-15/h4-17,19H,1-3H3,(H,31,32,34);3-7,10-15,18H,8-9H2,1-2H3,(H,27,28,30);2-13H,1H3,(H,25,26,27);3-13H,1-2H3,(H,24,25,26)/t19-;15-;2*13-/m0000/s1. The first-order valence-corrected chi connectivity index (χ1v) is 44.1. The van der Waals surface area contributed by atoms with E-state index in [1.807, 2.05) is 248 Å². The molecule has 1 aliphatic carbocycles. The first-order valence-electron chi connectivity index (χ1n) is 42.0. The fraction of sp³-hybridized carbons (Fsp3) is 0.153. The van der Waals surface area contributed by atoms with Gasteiger partial charge in [0.1, 0.15) is 47.4 Å². The van der Waals surface area contributed by atoms with Gasteiger partial charge in [-0.25, -0.2) is 39.9 Å². The molecule has 0 aliphatic heterocycles. The number of aromatic nitrogens is 21. The molecule has 29 nitrogen and oxygen atoms in total. The molecule has 5 aromatic carbocycles. The van der Waals surface area contributed by atoms with Crippen LogP contribution in [0.4, 0.5) is 23.3 Å². The Morgan fingerprint density at radius 3 is 1.22 bits per heavy atom. The third kappa shape index (κ3) is 16.6. The molecule has 21 aromatic rings. The summed E-state index contributed by atoms with van der Waals surface area (Å²) in [5.41, 5.74) is 16.8. The highest BCUT2D eigenvalue weighted by molar-refractivity contribution is 7.17. The molecule has 0 amide bonds. The van der Waals surface area contributed by atoms with Crippen LogP contribution in [0.1, 0.15) is 105 Å². The Labute approximate surface area is 754 Å². The van der Waals surface area contributed by atoms with Gasteiger partial charge in [0.15, 0.2) is 23.3 Å². The number of para-hydroxylation sites is 2. The van der Waals surface area contributed by atoms with Crippen LogP contribution >= 0.6 is 34.5 Å². The van der Waals surface area contributed by atoms with E-state index in [0.29, 0.717) is 66.5 Å². The number of nitrogens with one attached hydrogen (secondary N) is 4. The molecular formula is C98H82ClN25O4S2. The monoisotopic (exact) mass is 1770 g/mol. The second kappa shape index (κ2) is 35.9. The summed E-state index contributed by atoms with van der Waals surface area (Å²) in [6.07, 6.45) is 22.4. The number of hydrogen-bond donors (Lipinski definition) is 4. The van der Waals surface area contributed by atoms with Crippen molar-refractivity contribution in [3.05, 3.63) is 355 Å². The molecule has 642 valence electrons. The van der Waals surface area contributed by atoms with Crippen LogP contribution in [0.15, 0.2) is 294 Å². The smallest absolute Gasteiger partial charge is 0.266 e. The van der Waals surface area contributed by atoms with Crippen molar-refractivity contribution in [2.45, 2.75) is 84.6 Å². The van der Waals surface area contributed by atoms with Gasteiger partial charge >= 0.3 is 0 Å². The highest BCUT2D eigenvalue weighted by atomic mass is 35.5. The number of anilines is 4. The summed E-state index contributed by atoms with van der Waals surface area (Å²) >= 11 is 9.13. The summed E-state index contributed by atoms with van der Waals surface area (Å²) in [6.45, 7) is 12.0. The maximum absolute atomic E-state index is 14.3. The Hall–Kier alpha value is -15.9. The highest BCUT2D eigenvalue weighted by Crippen LogP contribution is 2.40. The quantitative estimate of drug-likeness (QED) is 0.0620. The van der Waals surface area contributed by atoms with E-state index in [-0.39, 0.29) is 52.4 Å². The van der Waals surface area contributed by atoms with E-state index >= 15 is 0 Å². The van der Waals surface area contributed by atoms with Crippen molar-refractivity contribution in [1.82, 2.24) is 102 Å². The zero-order valence-corrected chi connectivity index (χ0v) is 73.9. The zero-order valence-electron chi connectivity index (χ0n) is 71.5. The SMILES string of the molecule is C[C@H](Nc1ncnc2cccnc12)c1cc2cccc(-c3cnn(C)c3)c2c(=O)n1C1CC1.C[C@H](Nc1ncnc2cccnc12)c1cc2scc(Cl)c2c(=O)n1-c1ccccc1.Cc1cccc(-n2c([C@H](C)Nc3ncnc4cccnc34)cc3cccc(-c4cnn(C)c4)c3c2=O)c1.Cc1nsc2cc([C@H](C)Nc3ncnc4cccnc34)n(-c3ccccc3)c(=O)c12. The summed E-state index contributed by atoms with van der Waals surface area (Å²) in [4.78, 5) is 108. The summed E-state index contributed by atoms with van der Waals surface area (Å²) in [7, 11) is 3.76. The first-order chi connectivity index (χ1) is 63.4. The Morgan fingerprint density at radius 2 is 0.785 bits per heavy atom. The molecule has 0 radical (unpaired) electrons. The van der Waals surface area contributed by atoms with Crippen molar-refractivity contribution in [1.29, 1.82) is 0 Å². The Balaban J connectivity index is 0.000000113. The van der Waals surface area contributed by atoms with E-state index in [0.717, 1.165) is 134 Å². The molecule has 4 N–H and O–H groups in total. The lowest BCUT2D eigenvalue weighted by Gasteiger charge is -2.22. The van der Waals surface area contributed by atoms with Crippen LogP contribution in [0.5, 0.6) is 0 Å². The van der Waals surface area contributed by atoms with Gasteiger partial charge in [0.05, 0.1) is 95.6 Å². The fourth-order valence-corrected chi connectivity index (χ4v) is 18.5. The minimum absolute atomic E-state index is 0.0452. The third-order valence-corrected chi connectivity index (χ3v) is 25.0. The topological polar surface area (TPSA) is 339 Å². The molecule has 1 saturated carbocycles. The van der Waals surface area contributed by atoms with Gasteiger partial charge in [0.2, 0.25) is 0 Å². The number of aryl methyl sites for hydroxylation is 4. The van der Waals surface area contributed by atoms with Crippen LogP contribution in [0, 0.1) is 13.8 Å². The number of fused-ring (bicyclic) bond motifs is 8. The van der Waals surface area contributed by atoms with Crippen molar-refractivity contribution >= 4 is 144 Å². The number of hydrogen-bond acceptors (Lipinski definition) is 25. The summed E-state index contributed by atoms with van der Waals surface area (Å²) in [5.74, 6) is 2.52. The summed E-state index contributed by atoms with van der Waals surface area (Å²) in [6, 6.07) is 61.7. The minimum atomic E-state index is -0.264. The van der Waals surface area contributed by atoms with Crippen LogP contribution in [-0.2, 0) is 14.1 Å². The van der Waals surface area contributed by atoms with Crippen molar-refractivity contribution in [3.8, 4) is 39.3 Å². The van der Waals surface area contributed by atoms with Crippen molar-refractivity contribution < 1.29 is 0 Å². The van der Waals surface area contributed by atoms with E-state index in [4.69, 9.17) is 11.6 Å². The first kappa shape index (κ1) is 83.7. The van der Waals surface area contributed by atoms with Gasteiger partial charge in [-0.2, -0.15) is 14.6 Å². The predicted octanol–water partition coefficient (Wildman–Crippen LogP) is 18.9. The Kier molecular flexibility index (Phi) is 23.1. The second-order valence-electron chi connectivity index (χ2n) is 31.6. The van der Waals surface area contributed by atoms with E-state index < -0.39 is 0 Å². The van der Waals surface area contributed by atoms with Gasteiger partial charge < -0.3 is 25.8 Å². The molecule has 4 atom stereocenters. The summed E-state index contributed by atoms with van der Waals surface area (Å²) < 4.78 is 16.8. The maximum Gasteiger partial charge on any atom is 0.266 e. The number of rotatable bonds is 18. The number of nitrogens with zero attached hydrogens (tertiary/aromatic N) is 21. The second-order valence-corrected chi connectivity index (χ2v) is 33.8. The molecule has 1 aliphatic rings. The lowest BCUT2D eigenvalue weighted by Crippen LogP contribution is -2.26. The molecule has 22 rings (SSSR count). The minimum Gasteiger partial charge on any atom is -0.360 e. The van der Waals surface area contributed by atoms with E-state index in [1.165, 1.54) is 48.2 Å². The molecule has 130 heavy (non-hydrogen) atoms. The van der Waals surface area contributed by atoms with Crippen LogP contribution < -0.4 is 43.5 Å². The normalized spacial score (nSPS) is 12.9. The van der Waals surface area contributed by atoms with Crippen molar-refractivity contribution in [2.24, 2.45) is 14.1 Å². The molecule has 16 aromatic heterocycles. The number of thiophene rings is 1. The van der Waals surface area contributed by atoms with Crippen LogP contribution in [-0.4, -0.2) is 102 Å². The van der Waals surface area contributed by atoms with E-state index in [9.17, 15) is 19.2 Å². The van der Waals surface area contributed by atoms with Crippen LogP contribution in [0.3, 0.4) is 0 Å². The molecule has 16 heterocycles. The van der Waals surface area contributed by atoms with E-state index in [1.54, 1.807) is 65.6 Å². The zero-order chi connectivity index (χ0) is 89.4. The van der Waals surface area contributed by atoms with Gasteiger partial charge in [0.25, 0.3) is 22.2 Å². The lowest BCUT2D eigenvalue weighted by atomic mass is 9.99. The molecule has 1 fully saturated rings. The van der Waals surface area contributed by atoms with Crippen LogP contribution in [0.2, 0.25) is 5.02 Å². The van der Waals surface area contributed by atoms with Gasteiger partial charge in [-0.1, -0.05) is 96.5 Å². The molecule has 0 spiro atoms. The Bertz CT molecular complexity index is 7910. The van der Waals surface area contributed by atoms with Crippen LogP contribution in [0.25, 0.3) is 125 Å². The van der Waals surface area contributed by atoms with E-state index in [2.05, 4.69) is 115 Å². The largest absolute Gasteiger partial charge is 0.360 e. The van der Waals surface area contributed by atoms with Gasteiger partial charge in [-0.15, -0.1) is 11.3 Å². The Morgan fingerprint density at radius 1 is 0.392 bits per heavy atom. The van der Waals surface area contributed by atoms with Gasteiger partial charge in [-0.05, 0) is 203 Å². The average Bonchev–Trinajstić information content (AvgIpc) is 1.66. The third-order valence-electron chi connectivity index (χ3n) is 22.8. The van der Waals surface area contributed by atoms with Crippen molar-refractivity contribution in [2.75, 3.05) is 21.3 Å². The van der Waals surface area contributed by atoms with Gasteiger partial charge in [-0.3, -0.25) is 62.2 Å². The number of halogens is 1. The molecular weight excluding hydrogens is 1690 g/mol. The summed E-state index contributed by atoms with van der Waals surface area (Å²) in [5, 5.41) is 29.1.